The lowest BCUT2D eigenvalue weighted by Crippen LogP contribution is -2.23. The Kier molecular flexibility index (Phi) is 4.96. The Hall–Kier alpha value is -2.46. The van der Waals surface area contributed by atoms with E-state index in [1.165, 1.54) is 18.2 Å². The Morgan fingerprint density at radius 3 is 2.52 bits per heavy atom. The average molecular weight is 422 g/mol. The van der Waals surface area contributed by atoms with Gasteiger partial charge in [-0.15, -0.1) is 0 Å². The summed E-state index contributed by atoms with van der Waals surface area (Å²) in [5, 5.41) is 1.72. The molecule has 144 valence electrons. The molecule has 0 atom stereocenters. The van der Waals surface area contributed by atoms with E-state index < -0.39 is 43.2 Å². The number of halogens is 4. The van der Waals surface area contributed by atoms with Crippen molar-refractivity contribution in [2.45, 2.75) is 11.1 Å². The topological polar surface area (TPSA) is 81.7 Å². The standard InChI is InChI=1S/C16H11ClF3NO5S/c17-12-3-2-10(6-11(12)16(18,19)20)27(23,24)7-15(22)21-9-1-4-13-14(5-9)26-8-25-13/h1-6H,7-8H2,(H,21,22). The van der Waals surface area contributed by atoms with Crippen molar-refractivity contribution in [3.05, 3.63) is 47.0 Å². The largest absolute Gasteiger partial charge is 0.454 e. The summed E-state index contributed by atoms with van der Waals surface area (Å²) < 4.78 is 73.5. The number of ether oxygens (including phenoxy) is 2. The van der Waals surface area contributed by atoms with Crippen LogP contribution in [0.1, 0.15) is 5.56 Å². The number of carbonyl (C=O) groups is 1. The molecular weight excluding hydrogens is 411 g/mol. The van der Waals surface area contributed by atoms with Crippen LogP contribution >= 0.6 is 11.6 Å². The van der Waals surface area contributed by atoms with E-state index in [1.807, 2.05) is 0 Å². The van der Waals surface area contributed by atoms with Crippen molar-refractivity contribution in [1.82, 2.24) is 0 Å². The Bertz CT molecular complexity index is 1010. The summed E-state index contributed by atoms with van der Waals surface area (Å²) in [6.07, 6.45) is -4.82. The van der Waals surface area contributed by atoms with Gasteiger partial charge < -0.3 is 14.8 Å². The minimum Gasteiger partial charge on any atom is -0.454 e. The monoisotopic (exact) mass is 421 g/mol. The van der Waals surface area contributed by atoms with E-state index >= 15 is 0 Å². The van der Waals surface area contributed by atoms with E-state index in [9.17, 15) is 26.4 Å². The molecular formula is C16H11ClF3NO5S. The second-order valence-corrected chi connectivity index (χ2v) is 7.91. The molecule has 2 aromatic rings. The van der Waals surface area contributed by atoms with Crippen LogP contribution in [0.15, 0.2) is 41.3 Å². The number of anilines is 1. The van der Waals surface area contributed by atoms with Crippen LogP contribution in [0.5, 0.6) is 11.5 Å². The molecule has 0 aliphatic carbocycles. The average Bonchev–Trinajstić information content (AvgIpc) is 3.01. The smallest absolute Gasteiger partial charge is 0.417 e. The van der Waals surface area contributed by atoms with Crippen LogP contribution in [0.25, 0.3) is 0 Å². The van der Waals surface area contributed by atoms with Gasteiger partial charge in [0.25, 0.3) is 0 Å². The van der Waals surface area contributed by atoms with E-state index in [-0.39, 0.29) is 12.5 Å². The van der Waals surface area contributed by atoms with Crippen LogP contribution in [0.2, 0.25) is 5.02 Å². The molecule has 1 amide bonds. The minimum atomic E-state index is -4.82. The minimum absolute atomic E-state index is 0.0270. The normalized spacial score (nSPS) is 13.5. The zero-order valence-electron chi connectivity index (χ0n) is 13.3. The molecule has 2 aromatic carbocycles. The van der Waals surface area contributed by atoms with Crippen molar-refractivity contribution < 1.29 is 35.9 Å². The molecule has 0 saturated heterocycles. The molecule has 0 bridgehead atoms. The third-order valence-electron chi connectivity index (χ3n) is 3.58. The van der Waals surface area contributed by atoms with E-state index in [1.54, 1.807) is 0 Å². The summed E-state index contributed by atoms with van der Waals surface area (Å²) in [5.74, 6) is -1.11. The first kappa shape index (κ1) is 19.3. The lowest BCUT2D eigenvalue weighted by Gasteiger charge is -2.11. The zero-order chi connectivity index (χ0) is 19.8. The van der Waals surface area contributed by atoms with Crippen LogP contribution in [0, 0.1) is 0 Å². The molecule has 0 radical (unpaired) electrons. The number of fused-ring (bicyclic) bond motifs is 1. The Morgan fingerprint density at radius 2 is 1.81 bits per heavy atom. The second kappa shape index (κ2) is 6.93. The molecule has 11 heteroatoms. The summed E-state index contributed by atoms with van der Waals surface area (Å²) in [6.45, 7) is 0.0270. The number of amides is 1. The van der Waals surface area contributed by atoms with E-state index in [0.29, 0.717) is 17.6 Å². The molecule has 27 heavy (non-hydrogen) atoms. The highest BCUT2D eigenvalue weighted by molar-refractivity contribution is 7.92. The lowest BCUT2D eigenvalue weighted by molar-refractivity contribution is -0.137. The van der Waals surface area contributed by atoms with Crippen LogP contribution in [-0.4, -0.2) is 26.9 Å². The molecule has 1 aliphatic heterocycles. The van der Waals surface area contributed by atoms with Gasteiger partial charge in [-0.2, -0.15) is 13.2 Å². The van der Waals surface area contributed by atoms with Crippen LogP contribution in [0.3, 0.4) is 0 Å². The third-order valence-corrected chi connectivity index (χ3v) is 5.52. The van der Waals surface area contributed by atoms with E-state index in [4.69, 9.17) is 21.1 Å². The fraction of sp³-hybridized carbons (Fsp3) is 0.188. The molecule has 0 aromatic heterocycles. The molecule has 0 spiro atoms. The molecule has 0 fully saturated rings. The first-order chi connectivity index (χ1) is 12.6. The molecule has 1 N–H and O–H groups in total. The highest BCUT2D eigenvalue weighted by Gasteiger charge is 2.34. The first-order valence-corrected chi connectivity index (χ1v) is 9.38. The molecule has 1 heterocycles. The van der Waals surface area contributed by atoms with Gasteiger partial charge in [0.2, 0.25) is 12.7 Å². The highest BCUT2D eigenvalue weighted by atomic mass is 35.5. The van der Waals surface area contributed by atoms with Gasteiger partial charge in [0.1, 0.15) is 5.75 Å². The van der Waals surface area contributed by atoms with Crippen molar-refractivity contribution in [2.75, 3.05) is 17.9 Å². The third kappa shape index (κ3) is 4.28. The Labute approximate surface area is 156 Å². The first-order valence-electron chi connectivity index (χ1n) is 7.35. The fourth-order valence-electron chi connectivity index (χ4n) is 2.34. The lowest BCUT2D eigenvalue weighted by atomic mass is 10.2. The maximum absolute atomic E-state index is 12.9. The summed E-state index contributed by atoms with van der Waals surface area (Å²) in [5.41, 5.74) is -1.03. The Balaban J connectivity index is 1.77. The zero-order valence-corrected chi connectivity index (χ0v) is 14.9. The van der Waals surface area contributed by atoms with Crippen molar-refractivity contribution in [3.8, 4) is 11.5 Å². The second-order valence-electron chi connectivity index (χ2n) is 5.51. The summed E-state index contributed by atoms with van der Waals surface area (Å²) in [7, 11) is -4.32. The van der Waals surface area contributed by atoms with E-state index in [2.05, 4.69) is 5.32 Å². The number of alkyl halides is 3. The number of nitrogens with one attached hydrogen (secondary N) is 1. The molecule has 1 aliphatic rings. The fourth-order valence-corrected chi connectivity index (χ4v) is 3.72. The number of hydrogen-bond acceptors (Lipinski definition) is 5. The number of benzene rings is 2. The van der Waals surface area contributed by atoms with Crippen molar-refractivity contribution in [1.29, 1.82) is 0 Å². The molecule has 0 saturated carbocycles. The van der Waals surface area contributed by atoms with Gasteiger partial charge in [-0.05, 0) is 30.3 Å². The van der Waals surface area contributed by atoms with Gasteiger partial charge in [-0.3, -0.25) is 4.79 Å². The molecule has 6 nitrogen and oxygen atoms in total. The highest BCUT2D eigenvalue weighted by Crippen LogP contribution is 2.36. The van der Waals surface area contributed by atoms with Crippen LogP contribution in [-0.2, 0) is 20.8 Å². The van der Waals surface area contributed by atoms with Gasteiger partial charge >= 0.3 is 6.18 Å². The van der Waals surface area contributed by atoms with Crippen LogP contribution in [0.4, 0.5) is 18.9 Å². The predicted molar refractivity (Wildman–Crippen MR) is 89.7 cm³/mol. The quantitative estimate of drug-likeness (QED) is 0.817. The molecule has 0 unspecified atom stereocenters. The number of rotatable bonds is 4. The SMILES string of the molecule is O=C(CS(=O)(=O)c1ccc(Cl)c(C(F)(F)F)c1)Nc1ccc2c(c1)OCO2. The number of sulfone groups is 1. The summed E-state index contributed by atoms with van der Waals surface area (Å²) >= 11 is 5.47. The van der Waals surface area contributed by atoms with Crippen LogP contribution < -0.4 is 14.8 Å². The van der Waals surface area contributed by atoms with E-state index in [0.717, 1.165) is 12.1 Å². The molecule has 3 rings (SSSR count). The maximum Gasteiger partial charge on any atom is 0.417 e. The summed E-state index contributed by atoms with van der Waals surface area (Å²) in [4.78, 5) is 11.4. The van der Waals surface area contributed by atoms with Crippen molar-refractivity contribution >= 4 is 33.0 Å². The summed E-state index contributed by atoms with van der Waals surface area (Å²) in [6, 6.07) is 6.60. The number of hydrogen-bond donors (Lipinski definition) is 1. The van der Waals surface area contributed by atoms with Gasteiger partial charge in [-0.1, -0.05) is 11.6 Å². The van der Waals surface area contributed by atoms with Crippen molar-refractivity contribution in [3.63, 3.8) is 0 Å². The maximum atomic E-state index is 12.9. The van der Waals surface area contributed by atoms with Gasteiger partial charge in [0.15, 0.2) is 21.3 Å². The Morgan fingerprint density at radius 1 is 1.11 bits per heavy atom. The van der Waals surface area contributed by atoms with Gasteiger partial charge in [0, 0.05) is 11.8 Å². The number of carbonyl (C=O) groups excluding carboxylic acids is 1. The van der Waals surface area contributed by atoms with Crippen molar-refractivity contribution in [2.24, 2.45) is 0 Å². The van der Waals surface area contributed by atoms with Gasteiger partial charge in [0.05, 0.1) is 15.5 Å². The predicted octanol–water partition coefficient (Wildman–Crippen LogP) is 3.50. The van der Waals surface area contributed by atoms with Gasteiger partial charge in [-0.25, -0.2) is 8.42 Å².